The summed E-state index contributed by atoms with van der Waals surface area (Å²) in [5.41, 5.74) is 0.835. The number of aromatic nitrogens is 1. The first-order chi connectivity index (χ1) is 8.20. The van der Waals surface area contributed by atoms with E-state index in [1.165, 1.54) is 11.3 Å². The predicted octanol–water partition coefficient (Wildman–Crippen LogP) is 1.64. The summed E-state index contributed by atoms with van der Waals surface area (Å²) in [7, 11) is 1.86. The molecule has 0 spiro atoms. The maximum Gasteiger partial charge on any atom is 0.305 e. The standard InChI is InChI=1S/C12H20N2O3S/c1-12(2,3)10-8(18-11(17)13-10)7-14(4)6-5-9(15)16/h5-7H2,1-4H3,(H,13,17)(H,15,16). The molecule has 0 bridgehead atoms. The fraction of sp³-hybridized carbons (Fsp3) is 0.667. The molecule has 0 saturated carbocycles. The van der Waals surface area contributed by atoms with Crippen molar-refractivity contribution in [3.05, 3.63) is 20.2 Å². The Morgan fingerprint density at radius 1 is 1.44 bits per heavy atom. The minimum absolute atomic E-state index is 0.0541. The molecule has 1 aromatic heterocycles. The topological polar surface area (TPSA) is 73.4 Å². The number of carbonyl (C=O) groups is 1. The molecule has 0 fully saturated rings. The summed E-state index contributed by atoms with van der Waals surface area (Å²) in [6.45, 7) is 7.22. The van der Waals surface area contributed by atoms with Crippen LogP contribution < -0.4 is 4.87 Å². The van der Waals surface area contributed by atoms with E-state index in [2.05, 4.69) is 4.98 Å². The van der Waals surface area contributed by atoms with Gasteiger partial charge in [-0.3, -0.25) is 9.59 Å². The van der Waals surface area contributed by atoms with Crippen LogP contribution in [0.3, 0.4) is 0 Å². The zero-order valence-electron chi connectivity index (χ0n) is 11.2. The van der Waals surface area contributed by atoms with Crippen molar-refractivity contribution in [2.45, 2.75) is 39.2 Å². The molecule has 0 amide bonds. The number of nitrogens with zero attached hydrogens (tertiary/aromatic N) is 1. The lowest BCUT2D eigenvalue weighted by atomic mass is 9.91. The number of aromatic amines is 1. The van der Waals surface area contributed by atoms with Crippen LogP contribution in [0.15, 0.2) is 4.79 Å². The van der Waals surface area contributed by atoms with Crippen LogP contribution in [0.1, 0.15) is 37.8 Å². The molecule has 0 radical (unpaired) electrons. The van der Waals surface area contributed by atoms with Gasteiger partial charge in [-0.2, -0.15) is 0 Å². The number of H-pyrrole nitrogens is 1. The van der Waals surface area contributed by atoms with Gasteiger partial charge in [0.05, 0.1) is 6.42 Å². The van der Waals surface area contributed by atoms with Crippen molar-refractivity contribution >= 4 is 17.3 Å². The molecule has 1 aromatic rings. The molecular formula is C12H20N2O3S. The zero-order valence-corrected chi connectivity index (χ0v) is 12.1. The number of hydrogen-bond donors (Lipinski definition) is 2. The highest BCUT2D eigenvalue weighted by molar-refractivity contribution is 7.09. The van der Waals surface area contributed by atoms with E-state index in [-0.39, 0.29) is 16.7 Å². The van der Waals surface area contributed by atoms with Crippen molar-refractivity contribution in [3.8, 4) is 0 Å². The van der Waals surface area contributed by atoms with Gasteiger partial charge < -0.3 is 15.0 Å². The molecule has 5 nitrogen and oxygen atoms in total. The Hall–Kier alpha value is -1.14. The van der Waals surface area contributed by atoms with Crippen molar-refractivity contribution in [3.63, 3.8) is 0 Å². The average Bonchev–Trinajstić information content (AvgIpc) is 2.56. The van der Waals surface area contributed by atoms with Crippen molar-refractivity contribution in [2.24, 2.45) is 0 Å². The molecule has 102 valence electrons. The summed E-state index contributed by atoms with van der Waals surface area (Å²) in [4.78, 5) is 27.7. The van der Waals surface area contributed by atoms with Gasteiger partial charge in [0.1, 0.15) is 0 Å². The summed E-state index contributed by atoms with van der Waals surface area (Å²) in [6.07, 6.45) is 0.112. The Balaban J connectivity index is 2.78. The zero-order chi connectivity index (χ0) is 13.9. The Bertz CT molecular complexity index is 470. The second-order valence-corrected chi connectivity index (χ2v) is 6.51. The van der Waals surface area contributed by atoms with Crippen LogP contribution in [0.5, 0.6) is 0 Å². The minimum atomic E-state index is -0.805. The predicted molar refractivity (Wildman–Crippen MR) is 72.2 cm³/mol. The number of aliphatic carboxylic acids is 1. The second-order valence-electron chi connectivity index (χ2n) is 5.44. The van der Waals surface area contributed by atoms with Crippen LogP contribution in [-0.2, 0) is 16.8 Å². The lowest BCUT2D eigenvalue weighted by Gasteiger charge is -2.21. The van der Waals surface area contributed by atoms with E-state index >= 15 is 0 Å². The Morgan fingerprint density at radius 3 is 2.56 bits per heavy atom. The molecule has 0 unspecified atom stereocenters. The average molecular weight is 272 g/mol. The molecule has 0 aliphatic heterocycles. The molecule has 0 aliphatic rings. The SMILES string of the molecule is CN(CCC(=O)O)Cc1sc(=O)[nH]c1C(C)(C)C. The van der Waals surface area contributed by atoms with Gasteiger partial charge in [0.25, 0.3) is 0 Å². The quantitative estimate of drug-likeness (QED) is 0.854. The fourth-order valence-electron chi connectivity index (χ4n) is 1.69. The third-order valence-electron chi connectivity index (χ3n) is 2.59. The third kappa shape index (κ3) is 4.27. The molecule has 2 N–H and O–H groups in total. The van der Waals surface area contributed by atoms with E-state index in [1.807, 2.05) is 32.7 Å². The normalized spacial score (nSPS) is 12.1. The molecule has 0 aromatic carbocycles. The van der Waals surface area contributed by atoms with Gasteiger partial charge in [0, 0.05) is 29.1 Å². The first-order valence-corrected chi connectivity index (χ1v) is 6.64. The first kappa shape index (κ1) is 14.9. The van der Waals surface area contributed by atoms with Gasteiger partial charge in [-0.15, -0.1) is 0 Å². The van der Waals surface area contributed by atoms with Gasteiger partial charge in [-0.05, 0) is 7.05 Å². The maximum absolute atomic E-state index is 11.5. The van der Waals surface area contributed by atoms with Gasteiger partial charge >= 0.3 is 10.8 Å². The highest BCUT2D eigenvalue weighted by Gasteiger charge is 2.22. The van der Waals surface area contributed by atoms with Gasteiger partial charge in [-0.25, -0.2) is 0 Å². The maximum atomic E-state index is 11.5. The number of nitrogens with one attached hydrogen (secondary N) is 1. The minimum Gasteiger partial charge on any atom is -0.481 e. The number of carboxylic acids is 1. The van der Waals surface area contributed by atoms with Gasteiger partial charge in [0.15, 0.2) is 0 Å². The summed E-state index contributed by atoms with van der Waals surface area (Å²) < 4.78 is 0. The first-order valence-electron chi connectivity index (χ1n) is 5.83. The van der Waals surface area contributed by atoms with Crippen LogP contribution in [-0.4, -0.2) is 34.6 Å². The number of carboxylic acid groups (broad SMARTS) is 1. The van der Waals surface area contributed by atoms with Crippen LogP contribution in [0.4, 0.5) is 0 Å². The lowest BCUT2D eigenvalue weighted by Crippen LogP contribution is -2.23. The summed E-state index contributed by atoms with van der Waals surface area (Å²) in [5, 5.41) is 8.64. The number of hydrogen-bond acceptors (Lipinski definition) is 4. The highest BCUT2D eigenvalue weighted by Crippen LogP contribution is 2.25. The Labute approximate surface area is 110 Å². The summed E-state index contributed by atoms with van der Waals surface area (Å²) >= 11 is 1.20. The van der Waals surface area contributed by atoms with E-state index in [4.69, 9.17) is 5.11 Å². The van der Waals surface area contributed by atoms with Gasteiger partial charge in [-0.1, -0.05) is 32.1 Å². The fourth-order valence-corrected chi connectivity index (χ4v) is 2.81. The van der Waals surface area contributed by atoms with Crippen LogP contribution in [0.25, 0.3) is 0 Å². The van der Waals surface area contributed by atoms with Gasteiger partial charge in [0.2, 0.25) is 0 Å². The highest BCUT2D eigenvalue weighted by atomic mass is 32.1. The molecule has 6 heteroatoms. The molecule has 0 atom stereocenters. The Morgan fingerprint density at radius 2 is 2.06 bits per heavy atom. The van der Waals surface area contributed by atoms with E-state index in [0.717, 1.165) is 10.6 Å². The molecular weight excluding hydrogens is 252 g/mol. The molecule has 0 aliphatic carbocycles. The van der Waals surface area contributed by atoms with E-state index in [0.29, 0.717) is 13.1 Å². The largest absolute Gasteiger partial charge is 0.481 e. The Kier molecular flexibility index (Phi) is 4.70. The van der Waals surface area contributed by atoms with Crippen LogP contribution in [0.2, 0.25) is 0 Å². The molecule has 1 rings (SSSR count). The van der Waals surface area contributed by atoms with Crippen molar-refractivity contribution in [2.75, 3.05) is 13.6 Å². The van der Waals surface area contributed by atoms with Crippen molar-refractivity contribution in [1.29, 1.82) is 0 Å². The van der Waals surface area contributed by atoms with Crippen molar-refractivity contribution in [1.82, 2.24) is 9.88 Å². The molecule has 0 saturated heterocycles. The molecule has 1 heterocycles. The molecule has 18 heavy (non-hydrogen) atoms. The van der Waals surface area contributed by atoms with Crippen LogP contribution >= 0.6 is 11.3 Å². The number of thiazole rings is 1. The van der Waals surface area contributed by atoms with Crippen LogP contribution in [0, 0.1) is 0 Å². The summed E-state index contributed by atoms with van der Waals surface area (Å²) in [5.74, 6) is -0.805. The van der Waals surface area contributed by atoms with E-state index in [9.17, 15) is 9.59 Å². The second kappa shape index (κ2) is 5.67. The summed E-state index contributed by atoms with van der Waals surface area (Å²) in [6, 6.07) is 0. The lowest BCUT2D eigenvalue weighted by molar-refractivity contribution is -0.137. The van der Waals surface area contributed by atoms with Crippen molar-refractivity contribution < 1.29 is 9.90 Å². The van der Waals surface area contributed by atoms with E-state index in [1.54, 1.807) is 0 Å². The van der Waals surface area contributed by atoms with E-state index < -0.39 is 5.97 Å². The smallest absolute Gasteiger partial charge is 0.305 e. The third-order valence-corrected chi connectivity index (χ3v) is 3.46. The number of rotatable bonds is 5. The monoisotopic (exact) mass is 272 g/mol.